The molecule has 1 unspecified atom stereocenters. The number of likely N-dealkylation sites (N-methyl/N-ethyl adjacent to an activating group) is 2. The van der Waals surface area contributed by atoms with Gasteiger partial charge in [0.1, 0.15) is 0 Å². The number of likely N-dealkylation sites (tertiary alicyclic amines) is 1. The van der Waals surface area contributed by atoms with Crippen LogP contribution >= 0.6 is 0 Å². The summed E-state index contributed by atoms with van der Waals surface area (Å²) in [5, 5.41) is 2.90. The molecular formula is C16H26N4O. The maximum absolute atomic E-state index is 12.0. The van der Waals surface area contributed by atoms with Crippen LogP contribution in [0.25, 0.3) is 0 Å². The second-order valence-corrected chi connectivity index (χ2v) is 5.96. The quantitative estimate of drug-likeness (QED) is 0.809. The van der Waals surface area contributed by atoms with Crippen molar-refractivity contribution in [2.75, 3.05) is 44.8 Å². The molecule has 0 saturated carbocycles. The highest BCUT2D eigenvalue weighted by molar-refractivity contribution is 5.90. The van der Waals surface area contributed by atoms with Gasteiger partial charge in [0, 0.05) is 36.9 Å². The summed E-state index contributed by atoms with van der Waals surface area (Å²) in [5.74, 6) is 0.0517. The lowest BCUT2D eigenvalue weighted by Gasteiger charge is -2.35. The molecule has 116 valence electrons. The van der Waals surface area contributed by atoms with Crippen molar-refractivity contribution in [1.29, 1.82) is 0 Å². The first-order valence-electron chi connectivity index (χ1n) is 7.59. The molecule has 2 rings (SSSR count). The van der Waals surface area contributed by atoms with Gasteiger partial charge in [-0.2, -0.15) is 0 Å². The number of rotatable bonds is 5. The Balaban J connectivity index is 1.74. The average molecular weight is 290 g/mol. The fraction of sp³-hybridized carbons (Fsp3) is 0.562. The van der Waals surface area contributed by atoms with Gasteiger partial charge in [0.05, 0.1) is 0 Å². The Morgan fingerprint density at radius 3 is 2.81 bits per heavy atom. The van der Waals surface area contributed by atoms with E-state index in [1.165, 1.54) is 19.4 Å². The molecule has 0 spiro atoms. The number of nitrogen functional groups attached to an aromatic ring is 1. The zero-order valence-corrected chi connectivity index (χ0v) is 13.0. The van der Waals surface area contributed by atoms with Gasteiger partial charge in [-0.1, -0.05) is 0 Å². The number of anilines is 2. The van der Waals surface area contributed by atoms with Gasteiger partial charge >= 0.3 is 0 Å². The zero-order chi connectivity index (χ0) is 15.2. The zero-order valence-electron chi connectivity index (χ0n) is 13.0. The molecule has 5 nitrogen and oxygen atoms in total. The third kappa shape index (κ3) is 5.02. The summed E-state index contributed by atoms with van der Waals surface area (Å²) < 4.78 is 0. The van der Waals surface area contributed by atoms with Crippen molar-refractivity contribution < 1.29 is 4.79 Å². The lowest BCUT2D eigenvalue weighted by Crippen LogP contribution is -2.45. The molecule has 21 heavy (non-hydrogen) atoms. The van der Waals surface area contributed by atoms with E-state index in [1.807, 2.05) is 12.1 Å². The van der Waals surface area contributed by atoms with Crippen molar-refractivity contribution in [1.82, 2.24) is 9.80 Å². The Hall–Kier alpha value is -1.59. The van der Waals surface area contributed by atoms with Crippen LogP contribution in [0.3, 0.4) is 0 Å². The molecule has 1 amide bonds. The summed E-state index contributed by atoms with van der Waals surface area (Å²) in [4.78, 5) is 16.6. The van der Waals surface area contributed by atoms with Gasteiger partial charge in [0.25, 0.3) is 0 Å². The van der Waals surface area contributed by atoms with E-state index in [4.69, 9.17) is 5.73 Å². The Morgan fingerprint density at radius 1 is 1.43 bits per heavy atom. The predicted molar refractivity (Wildman–Crippen MR) is 87.3 cm³/mol. The van der Waals surface area contributed by atoms with Crippen LogP contribution in [0, 0.1) is 0 Å². The van der Waals surface area contributed by atoms with Crippen molar-refractivity contribution in [2.24, 2.45) is 0 Å². The molecule has 1 fully saturated rings. The molecule has 0 aromatic heterocycles. The molecule has 1 aromatic carbocycles. The topological polar surface area (TPSA) is 61.6 Å². The Kier molecular flexibility index (Phi) is 5.59. The third-order valence-corrected chi connectivity index (χ3v) is 4.11. The van der Waals surface area contributed by atoms with Gasteiger partial charge in [-0.25, -0.2) is 0 Å². The molecular weight excluding hydrogens is 264 g/mol. The maximum Gasteiger partial charge on any atom is 0.225 e. The summed E-state index contributed by atoms with van der Waals surface area (Å²) in [6.45, 7) is 3.07. The highest BCUT2D eigenvalue weighted by Crippen LogP contribution is 2.14. The largest absolute Gasteiger partial charge is 0.399 e. The fourth-order valence-electron chi connectivity index (χ4n) is 2.75. The number of carbonyl (C=O) groups is 1. The highest BCUT2D eigenvalue weighted by atomic mass is 16.1. The van der Waals surface area contributed by atoms with Gasteiger partial charge < -0.3 is 20.9 Å². The predicted octanol–water partition coefficient (Wildman–Crippen LogP) is 1.62. The van der Waals surface area contributed by atoms with Crippen LogP contribution in [0.2, 0.25) is 0 Å². The van der Waals surface area contributed by atoms with Crippen LogP contribution in [-0.4, -0.2) is 55.5 Å². The second-order valence-electron chi connectivity index (χ2n) is 5.96. The molecule has 1 atom stereocenters. The van der Waals surface area contributed by atoms with Crippen LogP contribution in [0.1, 0.15) is 19.3 Å². The van der Waals surface area contributed by atoms with E-state index in [-0.39, 0.29) is 5.91 Å². The molecule has 0 bridgehead atoms. The number of amides is 1. The number of benzene rings is 1. The van der Waals surface area contributed by atoms with E-state index in [1.54, 1.807) is 12.1 Å². The molecule has 0 radical (unpaired) electrons. The fourth-order valence-corrected chi connectivity index (χ4v) is 2.75. The van der Waals surface area contributed by atoms with Gasteiger partial charge in [0.2, 0.25) is 5.91 Å². The molecule has 0 aliphatic carbocycles. The summed E-state index contributed by atoms with van der Waals surface area (Å²) in [7, 11) is 4.27. The normalized spacial score (nSPS) is 19.7. The highest BCUT2D eigenvalue weighted by Gasteiger charge is 2.21. The van der Waals surface area contributed by atoms with Crippen LogP contribution in [-0.2, 0) is 4.79 Å². The minimum absolute atomic E-state index is 0.0517. The minimum atomic E-state index is 0.0517. The van der Waals surface area contributed by atoms with Gasteiger partial charge in [0.15, 0.2) is 0 Å². The lowest BCUT2D eigenvalue weighted by molar-refractivity contribution is -0.116. The molecule has 5 heteroatoms. The second kappa shape index (κ2) is 7.43. The van der Waals surface area contributed by atoms with Crippen molar-refractivity contribution in [2.45, 2.75) is 25.3 Å². The van der Waals surface area contributed by atoms with E-state index in [2.05, 4.69) is 29.2 Å². The number of hydrogen-bond acceptors (Lipinski definition) is 4. The van der Waals surface area contributed by atoms with Gasteiger partial charge in [-0.15, -0.1) is 0 Å². The monoisotopic (exact) mass is 290 g/mol. The average Bonchev–Trinajstić information content (AvgIpc) is 2.47. The summed E-state index contributed by atoms with van der Waals surface area (Å²) in [5.41, 5.74) is 7.13. The Morgan fingerprint density at radius 2 is 2.14 bits per heavy atom. The van der Waals surface area contributed by atoms with E-state index in [0.29, 0.717) is 18.2 Å². The van der Waals surface area contributed by atoms with E-state index < -0.39 is 0 Å². The number of nitrogens with two attached hydrogens (primary N) is 1. The van der Waals surface area contributed by atoms with Gasteiger partial charge in [-0.3, -0.25) is 4.79 Å². The van der Waals surface area contributed by atoms with Crippen molar-refractivity contribution >= 4 is 17.3 Å². The molecule has 3 N–H and O–H groups in total. The Labute approximate surface area is 127 Å². The molecule has 1 aliphatic heterocycles. The summed E-state index contributed by atoms with van der Waals surface area (Å²) in [6, 6.07) is 7.80. The summed E-state index contributed by atoms with van der Waals surface area (Å²) in [6.07, 6.45) is 2.98. The van der Waals surface area contributed by atoms with E-state index in [9.17, 15) is 4.79 Å². The van der Waals surface area contributed by atoms with Crippen LogP contribution < -0.4 is 11.1 Å². The Bertz CT molecular complexity index is 460. The third-order valence-electron chi connectivity index (χ3n) is 4.11. The number of nitrogens with zero attached hydrogens (tertiary/aromatic N) is 2. The van der Waals surface area contributed by atoms with Crippen molar-refractivity contribution in [3.63, 3.8) is 0 Å². The van der Waals surface area contributed by atoms with Crippen molar-refractivity contribution in [3.8, 4) is 0 Å². The SMILES string of the molecule is CN1CCCC(N(C)CCC(=O)Nc2ccc(N)cc2)C1. The number of hydrogen-bond donors (Lipinski definition) is 2. The molecule has 1 aliphatic rings. The smallest absolute Gasteiger partial charge is 0.225 e. The first-order chi connectivity index (χ1) is 10.0. The first kappa shape index (κ1) is 15.8. The lowest BCUT2D eigenvalue weighted by atomic mass is 10.0. The van der Waals surface area contributed by atoms with Gasteiger partial charge in [-0.05, 0) is 57.7 Å². The summed E-state index contributed by atoms with van der Waals surface area (Å²) >= 11 is 0. The molecule has 1 saturated heterocycles. The first-order valence-corrected chi connectivity index (χ1v) is 7.59. The van der Waals surface area contributed by atoms with E-state index >= 15 is 0 Å². The van der Waals surface area contributed by atoms with Crippen LogP contribution in [0.4, 0.5) is 11.4 Å². The minimum Gasteiger partial charge on any atom is -0.399 e. The maximum atomic E-state index is 12.0. The number of piperidine rings is 1. The standard InChI is InChI=1S/C16H26N4O/c1-19-10-3-4-15(12-19)20(2)11-9-16(21)18-14-7-5-13(17)6-8-14/h5-8,15H,3-4,9-12,17H2,1-2H3,(H,18,21). The number of nitrogens with one attached hydrogen (secondary N) is 1. The van der Waals surface area contributed by atoms with Crippen LogP contribution in [0.5, 0.6) is 0 Å². The number of carbonyl (C=O) groups excluding carboxylic acids is 1. The van der Waals surface area contributed by atoms with Crippen LogP contribution in [0.15, 0.2) is 24.3 Å². The van der Waals surface area contributed by atoms with Crippen molar-refractivity contribution in [3.05, 3.63) is 24.3 Å². The molecule has 1 aromatic rings. The van der Waals surface area contributed by atoms with E-state index in [0.717, 1.165) is 18.8 Å². The molecule has 1 heterocycles.